The van der Waals surface area contributed by atoms with Gasteiger partial charge in [0.2, 0.25) is 0 Å². The highest BCUT2D eigenvalue weighted by atomic mass is 15.1. The molecule has 0 N–H and O–H groups in total. The standard InChI is InChI=1S/C10H15N/c1-8(2)10-6-5-7-11(4)9(10)3/h5-8H,3H2,1-2,4H3/i7T. The topological polar surface area (TPSA) is 3.24 Å². The number of likely N-dealkylation sites (N-methyl/N-ethyl adjacent to an activating group) is 1. The molecule has 60 valence electrons. The predicted molar refractivity (Wildman–Crippen MR) is 49.0 cm³/mol. The van der Waals surface area contributed by atoms with Crippen molar-refractivity contribution in [3.63, 3.8) is 0 Å². The van der Waals surface area contributed by atoms with Gasteiger partial charge in [-0.05, 0) is 17.6 Å². The van der Waals surface area contributed by atoms with E-state index in [2.05, 4.69) is 20.4 Å². The Hall–Kier alpha value is -0.980. The maximum atomic E-state index is 7.52. The molecular weight excluding hydrogens is 134 g/mol. The van der Waals surface area contributed by atoms with Crippen LogP contribution in [-0.2, 0) is 0 Å². The van der Waals surface area contributed by atoms with Crippen LogP contribution in [0.15, 0.2) is 36.2 Å². The summed E-state index contributed by atoms with van der Waals surface area (Å²) in [5.41, 5.74) is 2.16. The number of allylic oxidation sites excluding steroid dienone is 3. The first-order valence-corrected chi connectivity index (χ1v) is 3.85. The molecule has 0 spiro atoms. The highest BCUT2D eigenvalue weighted by Crippen LogP contribution is 2.23. The minimum absolute atomic E-state index is 0.476. The fourth-order valence-corrected chi connectivity index (χ4v) is 1.13. The average molecular weight is 151 g/mol. The summed E-state index contributed by atoms with van der Waals surface area (Å²) in [4.78, 5) is 1.80. The van der Waals surface area contributed by atoms with Crippen LogP contribution in [0.25, 0.3) is 0 Å². The number of nitrogens with zero attached hydrogens (tertiary/aromatic N) is 1. The first kappa shape index (κ1) is 6.71. The van der Waals surface area contributed by atoms with Crippen molar-refractivity contribution >= 4 is 0 Å². The lowest BCUT2D eigenvalue weighted by Gasteiger charge is -2.24. The number of hydrogen-bond donors (Lipinski definition) is 0. The number of hydrogen-bond acceptors (Lipinski definition) is 1. The van der Waals surface area contributed by atoms with E-state index in [1.54, 1.807) is 4.90 Å². The third-order valence-electron chi connectivity index (χ3n) is 1.89. The molecule has 0 amide bonds. The second kappa shape index (κ2) is 2.95. The molecule has 1 rings (SSSR count). The van der Waals surface area contributed by atoms with Crippen molar-refractivity contribution in [2.45, 2.75) is 13.8 Å². The van der Waals surface area contributed by atoms with Gasteiger partial charge in [0.05, 0.1) is 1.37 Å². The van der Waals surface area contributed by atoms with Crippen LogP contribution in [0, 0.1) is 5.92 Å². The summed E-state index contributed by atoms with van der Waals surface area (Å²) < 4.78 is 7.52. The quantitative estimate of drug-likeness (QED) is 0.556. The molecule has 1 aliphatic heterocycles. The Kier molecular flexibility index (Phi) is 1.80. The van der Waals surface area contributed by atoms with E-state index in [1.807, 2.05) is 19.2 Å². The van der Waals surface area contributed by atoms with E-state index in [1.165, 1.54) is 5.57 Å². The molecule has 0 atom stereocenters. The zero-order chi connectivity index (χ0) is 9.30. The minimum Gasteiger partial charge on any atom is -0.351 e. The Morgan fingerprint density at radius 1 is 1.64 bits per heavy atom. The van der Waals surface area contributed by atoms with Gasteiger partial charge in [0, 0.05) is 18.9 Å². The third kappa shape index (κ3) is 1.53. The summed E-state index contributed by atoms with van der Waals surface area (Å²) >= 11 is 0. The molecule has 0 aromatic carbocycles. The molecule has 1 heterocycles. The summed E-state index contributed by atoms with van der Waals surface area (Å²) in [6, 6.07) is 0. The van der Waals surface area contributed by atoms with E-state index >= 15 is 0 Å². The Morgan fingerprint density at radius 3 is 2.82 bits per heavy atom. The zero-order valence-electron chi connectivity index (χ0n) is 8.39. The Morgan fingerprint density at radius 2 is 2.27 bits per heavy atom. The smallest absolute Gasteiger partial charge is 0.0818 e. The van der Waals surface area contributed by atoms with Crippen LogP contribution in [0.2, 0.25) is 0 Å². The van der Waals surface area contributed by atoms with Crippen molar-refractivity contribution in [2.75, 3.05) is 7.05 Å². The summed E-state index contributed by atoms with van der Waals surface area (Å²) in [5.74, 6) is 0.476. The van der Waals surface area contributed by atoms with Crippen molar-refractivity contribution in [2.24, 2.45) is 5.92 Å². The van der Waals surface area contributed by atoms with Gasteiger partial charge in [0.25, 0.3) is 0 Å². The van der Waals surface area contributed by atoms with Gasteiger partial charge in [-0.2, -0.15) is 0 Å². The molecule has 1 nitrogen and oxygen atoms in total. The minimum atomic E-state index is 0.476. The lowest BCUT2D eigenvalue weighted by molar-refractivity contribution is 0.551. The van der Waals surface area contributed by atoms with Crippen molar-refractivity contribution in [1.82, 2.24) is 4.90 Å². The Labute approximate surface area is 70.1 Å². The highest BCUT2D eigenvalue weighted by molar-refractivity contribution is 5.36. The molecule has 0 aliphatic carbocycles. The van der Waals surface area contributed by atoms with Gasteiger partial charge in [-0.25, -0.2) is 0 Å². The predicted octanol–water partition coefficient (Wildman–Crippen LogP) is 2.54. The Bertz CT molecular complexity index is 261. The fraction of sp³-hybridized carbons (Fsp3) is 0.400. The SMILES string of the molecule is [3H]C1=CC=C(C(C)C)C(=C)N1C. The summed E-state index contributed by atoms with van der Waals surface area (Å²) in [5, 5.41) is 0. The fourth-order valence-electron chi connectivity index (χ4n) is 1.13. The maximum Gasteiger partial charge on any atom is 0.0818 e. The van der Waals surface area contributed by atoms with Gasteiger partial charge in [0.1, 0.15) is 0 Å². The van der Waals surface area contributed by atoms with E-state index in [-0.39, 0.29) is 0 Å². The summed E-state index contributed by atoms with van der Waals surface area (Å²) in [7, 11) is 1.87. The van der Waals surface area contributed by atoms with Crippen LogP contribution in [-0.4, -0.2) is 11.9 Å². The summed E-state index contributed by atoms with van der Waals surface area (Å²) in [6.45, 7) is 8.21. The van der Waals surface area contributed by atoms with Crippen LogP contribution >= 0.6 is 0 Å². The van der Waals surface area contributed by atoms with Crippen LogP contribution < -0.4 is 0 Å². The first-order chi connectivity index (χ1) is 5.54. The van der Waals surface area contributed by atoms with E-state index in [0.717, 1.165) is 5.70 Å². The Balaban J connectivity index is 2.98. The molecule has 1 heteroatoms. The molecule has 0 aromatic rings. The van der Waals surface area contributed by atoms with Crippen molar-refractivity contribution in [1.29, 1.82) is 0 Å². The maximum absolute atomic E-state index is 7.52. The van der Waals surface area contributed by atoms with Crippen LogP contribution in [0.3, 0.4) is 0 Å². The number of rotatable bonds is 1. The second-order valence-electron chi connectivity index (χ2n) is 3.08. The average Bonchev–Trinajstić information content (AvgIpc) is 2.00. The lowest BCUT2D eigenvalue weighted by atomic mass is 9.98. The highest BCUT2D eigenvalue weighted by Gasteiger charge is 2.11. The molecule has 0 saturated carbocycles. The van der Waals surface area contributed by atoms with Gasteiger partial charge in [0.15, 0.2) is 0 Å². The molecular formula is C10H15N. The molecule has 1 aliphatic rings. The molecule has 0 fully saturated rings. The van der Waals surface area contributed by atoms with Gasteiger partial charge in [-0.15, -0.1) is 0 Å². The monoisotopic (exact) mass is 151 g/mol. The van der Waals surface area contributed by atoms with Gasteiger partial charge >= 0.3 is 0 Å². The summed E-state index contributed by atoms with van der Waals surface area (Å²) in [6.07, 6.45) is 4.30. The van der Waals surface area contributed by atoms with Crippen LogP contribution in [0.5, 0.6) is 0 Å². The van der Waals surface area contributed by atoms with Crippen molar-refractivity contribution in [3.05, 3.63) is 36.2 Å². The second-order valence-corrected chi connectivity index (χ2v) is 3.08. The van der Waals surface area contributed by atoms with Crippen molar-refractivity contribution < 1.29 is 1.37 Å². The zero-order valence-corrected chi connectivity index (χ0v) is 7.39. The first-order valence-electron chi connectivity index (χ1n) is 4.35. The van der Waals surface area contributed by atoms with E-state index in [4.69, 9.17) is 1.37 Å². The molecule has 0 saturated heterocycles. The van der Waals surface area contributed by atoms with E-state index < -0.39 is 0 Å². The third-order valence-corrected chi connectivity index (χ3v) is 1.89. The van der Waals surface area contributed by atoms with Crippen LogP contribution in [0.4, 0.5) is 0 Å². The molecule has 0 unspecified atom stereocenters. The normalized spacial score (nSPS) is 19.8. The van der Waals surface area contributed by atoms with E-state index in [0.29, 0.717) is 12.1 Å². The van der Waals surface area contributed by atoms with Crippen LogP contribution in [0.1, 0.15) is 15.2 Å². The lowest BCUT2D eigenvalue weighted by Crippen LogP contribution is -2.16. The van der Waals surface area contributed by atoms with Gasteiger partial charge in [-0.1, -0.05) is 26.5 Å². The largest absolute Gasteiger partial charge is 0.351 e. The molecule has 0 aromatic heterocycles. The van der Waals surface area contributed by atoms with Gasteiger partial charge in [-0.3, -0.25) is 0 Å². The molecule has 11 heavy (non-hydrogen) atoms. The van der Waals surface area contributed by atoms with E-state index in [9.17, 15) is 0 Å². The van der Waals surface area contributed by atoms with Gasteiger partial charge < -0.3 is 4.90 Å². The molecule has 0 bridgehead atoms. The molecule has 0 radical (unpaired) electrons. The van der Waals surface area contributed by atoms with Crippen molar-refractivity contribution in [3.8, 4) is 0 Å².